The molecule has 1 rings (SSSR count). The van der Waals surface area contributed by atoms with Crippen LogP contribution in [-0.4, -0.2) is 36.5 Å². The Kier molecular flexibility index (Phi) is 7.40. The Morgan fingerprint density at radius 1 is 1.29 bits per heavy atom. The number of hydrogen-bond donors (Lipinski definition) is 2. The third kappa shape index (κ3) is 9.21. The van der Waals surface area contributed by atoms with Gasteiger partial charge >= 0.3 is 0 Å². The van der Waals surface area contributed by atoms with Crippen molar-refractivity contribution in [1.82, 2.24) is 10.2 Å². The summed E-state index contributed by atoms with van der Waals surface area (Å²) in [5.41, 5.74) is 6.91. The van der Waals surface area contributed by atoms with Crippen molar-refractivity contribution in [3.63, 3.8) is 0 Å². The zero-order valence-electron chi connectivity index (χ0n) is 13.6. The van der Waals surface area contributed by atoms with E-state index in [1.165, 1.54) is 5.56 Å². The first kappa shape index (κ1) is 17.7. The molecule has 0 aliphatic carbocycles. The number of rotatable bonds is 9. The fourth-order valence-electron chi connectivity index (χ4n) is 2.08. The summed E-state index contributed by atoms with van der Waals surface area (Å²) in [4.78, 5) is 13.9. The van der Waals surface area contributed by atoms with Crippen LogP contribution in [0, 0.1) is 0 Å². The van der Waals surface area contributed by atoms with Crippen LogP contribution in [0.2, 0.25) is 0 Å². The van der Waals surface area contributed by atoms with Crippen LogP contribution >= 0.6 is 0 Å². The Labute approximate surface area is 128 Å². The number of nitrogens with two attached hydrogens (primary N) is 1. The number of amides is 1. The van der Waals surface area contributed by atoms with Crippen LogP contribution in [0.1, 0.15) is 38.7 Å². The first-order chi connectivity index (χ1) is 9.87. The second-order valence-corrected chi connectivity index (χ2v) is 6.42. The molecule has 0 heterocycles. The SMILES string of the molecule is CN(CCCNC(=O)CCC(C)(C)N)Cc1ccccc1. The molecule has 0 fully saturated rings. The molecule has 0 aliphatic rings. The Hall–Kier alpha value is -1.39. The van der Waals surface area contributed by atoms with E-state index in [2.05, 4.69) is 41.5 Å². The molecule has 0 aromatic heterocycles. The maximum Gasteiger partial charge on any atom is 0.220 e. The Morgan fingerprint density at radius 2 is 1.95 bits per heavy atom. The summed E-state index contributed by atoms with van der Waals surface area (Å²) in [6, 6.07) is 10.4. The summed E-state index contributed by atoms with van der Waals surface area (Å²) < 4.78 is 0. The molecule has 0 radical (unpaired) electrons. The molecule has 1 aromatic carbocycles. The van der Waals surface area contributed by atoms with Crippen LogP contribution < -0.4 is 11.1 Å². The third-order valence-electron chi connectivity index (χ3n) is 3.33. The summed E-state index contributed by atoms with van der Waals surface area (Å²) in [5, 5.41) is 2.95. The zero-order chi connectivity index (χ0) is 15.7. The van der Waals surface area contributed by atoms with E-state index in [1.54, 1.807) is 0 Å². The molecule has 21 heavy (non-hydrogen) atoms. The highest BCUT2D eigenvalue weighted by Gasteiger charge is 2.12. The molecule has 0 unspecified atom stereocenters. The standard InChI is InChI=1S/C17H29N3O/c1-17(2,18)11-10-16(21)19-12-7-13-20(3)14-15-8-5-4-6-9-15/h4-6,8-9H,7,10-14,18H2,1-3H3,(H,19,21). The second-order valence-electron chi connectivity index (χ2n) is 6.42. The van der Waals surface area contributed by atoms with Crippen LogP contribution in [0.25, 0.3) is 0 Å². The minimum absolute atomic E-state index is 0.0965. The van der Waals surface area contributed by atoms with Gasteiger partial charge in [-0.1, -0.05) is 30.3 Å². The highest BCUT2D eigenvalue weighted by molar-refractivity contribution is 5.75. The number of carbonyl (C=O) groups is 1. The first-order valence-electron chi connectivity index (χ1n) is 7.65. The lowest BCUT2D eigenvalue weighted by molar-refractivity contribution is -0.121. The van der Waals surface area contributed by atoms with Gasteiger partial charge in [0.25, 0.3) is 0 Å². The maximum atomic E-state index is 11.6. The average molecular weight is 291 g/mol. The van der Waals surface area contributed by atoms with Gasteiger partial charge in [-0.3, -0.25) is 4.79 Å². The minimum Gasteiger partial charge on any atom is -0.356 e. The van der Waals surface area contributed by atoms with Crippen molar-refractivity contribution >= 4 is 5.91 Å². The lowest BCUT2D eigenvalue weighted by Crippen LogP contribution is -2.35. The summed E-state index contributed by atoms with van der Waals surface area (Å²) in [6.07, 6.45) is 2.18. The third-order valence-corrected chi connectivity index (χ3v) is 3.33. The van der Waals surface area contributed by atoms with Crippen LogP contribution in [0.5, 0.6) is 0 Å². The van der Waals surface area contributed by atoms with E-state index < -0.39 is 0 Å². The Morgan fingerprint density at radius 3 is 2.57 bits per heavy atom. The number of benzene rings is 1. The van der Waals surface area contributed by atoms with E-state index in [1.807, 2.05) is 19.9 Å². The van der Waals surface area contributed by atoms with Gasteiger partial charge in [0.1, 0.15) is 0 Å². The van der Waals surface area contributed by atoms with Crippen molar-refractivity contribution in [1.29, 1.82) is 0 Å². The van der Waals surface area contributed by atoms with Crippen LogP contribution in [0.4, 0.5) is 0 Å². The molecule has 4 heteroatoms. The molecular formula is C17H29N3O. The van der Waals surface area contributed by atoms with Gasteiger partial charge in [0.05, 0.1) is 0 Å². The van der Waals surface area contributed by atoms with Gasteiger partial charge in [-0.05, 0) is 45.8 Å². The Bertz CT molecular complexity index is 412. The van der Waals surface area contributed by atoms with Gasteiger partial charge in [0.2, 0.25) is 5.91 Å². The summed E-state index contributed by atoms with van der Waals surface area (Å²) in [5.74, 6) is 0.0965. The van der Waals surface area contributed by atoms with Crippen molar-refractivity contribution in [2.75, 3.05) is 20.1 Å². The first-order valence-corrected chi connectivity index (χ1v) is 7.65. The van der Waals surface area contributed by atoms with Crippen molar-refractivity contribution < 1.29 is 4.79 Å². The van der Waals surface area contributed by atoms with Gasteiger partial charge in [-0.2, -0.15) is 0 Å². The molecule has 0 bridgehead atoms. The van der Waals surface area contributed by atoms with Gasteiger partial charge in [0, 0.05) is 25.0 Å². The van der Waals surface area contributed by atoms with E-state index in [0.29, 0.717) is 12.8 Å². The van der Waals surface area contributed by atoms with E-state index in [0.717, 1.165) is 26.1 Å². The van der Waals surface area contributed by atoms with Crippen LogP contribution in [0.15, 0.2) is 30.3 Å². The van der Waals surface area contributed by atoms with E-state index in [9.17, 15) is 4.79 Å². The summed E-state index contributed by atoms with van der Waals surface area (Å²) in [6.45, 7) is 6.52. The number of carbonyl (C=O) groups excluding carboxylic acids is 1. The van der Waals surface area contributed by atoms with Gasteiger partial charge < -0.3 is 16.0 Å². The topological polar surface area (TPSA) is 58.4 Å². The van der Waals surface area contributed by atoms with Gasteiger partial charge in [0.15, 0.2) is 0 Å². The highest BCUT2D eigenvalue weighted by Crippen LogP contribution is 2.06. The van der Waals surface area contributed by atoms with E-state index in [4.69, 9.17) is 5.73 Å². The highest BCUT2D eigenvalue weighted by atomic mass is 16.1. The van der Waals surface area contributed by atoms with Crippen molar-refractivity contribution in [2.24, 2.45) is 5.73 Å². The molecule has 0 saturated heterocycles. The zero-order valence-corrected chi connectivity index (χ0v) is 13.6. The molecule has 1 amide bonds. The predicted octanol–water partition coefficient (Wildman–Crippen LogP) is 2.14. The minimum atomic E-state index is -0.271. The lowest BCUT2D eigenvalue weighted by atomic mass is 10.00. The van der Waals surface area contributed by atoms with E-state index >= 15 is 0 Å². The van der Waals surface area contributed by atoms with Crippen LogP contribution in [0.3, 0.4) is 0 Å². The van der Waals surface area contributed by atoms with Crippen molar-refractivity contribution in [2.45, 2.75) is 45.2 Å². The summed E-state index contributed by atoms with van der Waals surface area (Å²) in [7, 11) is 2.10. The fourth-order valence-corrected chi connectivity index (χ4v) is 2.08. The Balaban J connectivity index is 2.09. The van der Waals surface area contributed by atoms with E-state index in [-0.39, 0.29) is 11.4 Å². The molecule has 118 valence electrons. The molecule has 0 saturated carbocycles. The largest absolute Gasteiger partial charge is 0.356 e. The van der Waals surface area contributed by atoms with Gasteiger partial charge in [-0.15, -0.1) is 0 Å². The molecule has 4 nitrogen and oxygen atoms in total. The van der Waals surface area contributed by atoms with Gasteiger partial charge in [-0.25, -0.2) is 0 Å². The number of nitrogens with one attached hydrogen (secondary N) is 1. The summed E-state index contributed by atoms with van der Waals surface area (Å²) >= 11 is 0. The number of hydrogen-bond acceptors (Lipinski definition) is 3. The molecule has 3 N–H and O–H groups in total. The average Bonchev–Trinajstić information content (AvgIpc) is 2.42. The maximum absolute atomic E-state index is 11.6. The smallest absolute Gasteiger partial charge is 0.220 e. The van der Waals surface area contributed by atoms with Crippen molar-refractivity contribution in [3.05, 3.63) is 35.9 Å². The normalized spacial score (nSPS) is 11.7. The molecule has 1 aromatic rings. The molecule has 0 aliphatic heterocycles. The number of nitrogens with zero attached hydrogens (tertiary/aromatic N) is 1. The predicted molar refractivity (Wildman–Crippen MR) is 87.9 cm³/mol. The quantitative estimate of drug-likeness (QED) is 0.685. The monoisotopic (exact) mass is 291 g/mol. The molecule has 0 spiro atoms. The second kappa shape index (κ2) is 8.80. The lowest BCUT2D eigenvalue weighted by Gasteiger charge is -2.18. The molecular weight excluding hydrogens is 262 g/mol. The van der Waals surface area contributed by atoms with Crippen molar-refractivity contribution in [3.8, 4) is 0 Å². The molecule has 0 atom stereocenters. The fraction of sp³-hybridized carbons (Fsp3) is 0.588. The van der Waals surface area contributed by atoms with Crippen LogP contribution in [-0.2, 0) is 11.3 Å².